The Morgan fingerprint density at radius 2 is 1.89 bits per heavy atom. The van der Waals surface area contributed by atoms with E-state index in [9.17, 15) is 22.8 Å². The first kappa shape index (κ1) is 21.4. The van der Waals surface area contributed by atoms with E-state index in [0.717, 1.165) is 17.0 Å². The van der Waals surface area contributed by atoms with E-state index in [4.69, 9.17) is 25.9 Å². The summed E-state index contributed by atoms with van der Waals surface area (Å²) in [4.78, 5) is 36.8. The highest BCUT2D eigenvalue weighted by Crippen LogP contribution is 2.20. The van der Waals surface area contributed by atoms with Crippen LogP contribution >= 0.6 is 11.6 Å². The van der Waals surface area contributed by atoms with Crippen LogP contribution in [0.2, 0.25) is 5.02 Å². The normalized spacial score (nSPS) is 11.0. The number of carbonyl (C=O) groups is 3. The van der Waals surface area contributed by atoms with E-state index in [-0.39, 0.29) is 6.54 Å². The Morgan fingerprint density at radius 3 is 2.50 bits per heavy atom. The average molecular weight is 430 g/mol. The van der Waals surface area contributed by atoms with E-state index in [0.29, 0.717) is 10.7 Å². The molecule has 3 N–H and O–H groups in total. The predicted octanol–water partition coefficient (Wildman–Crippen LogP) is 0.834. The van der Waals surface area contributed by atoms with Crippen LogP contribution in [0.3, 0.4) is 0 Å². The number of ether oxygens (including phenoxy) is 1. The van der Waals surface area contributed by atoms with Gasteiger partial charge in [-0.05, 0) is 24.3 Å². The standard InChI is InChI=1S/C16H16ClN3O7S/c1-20(8-13(21)19-11-5-3-2-4-10(11)17)14(22)9-26-16(23)12-6-7-15(27-12)28(18,24)25/h2-7H,8-9H2,1H3,(H,19,21)(H2,18,24,25). The number of primary sulfonamides is 1. The smallest absolute Gasteiger partial charge is 0.374 e. The molecule has 0 atom stereocenters. The highest BCUT2D eigenvalue weighted by atomic mass is 35.5. The molecule has 150 valence electrons. The van der Waals surface area contributed by atoms with Gasteiger partial charge in [0.1, 0.15) is 0 Å². The van der Waals surface area contributed by atoms with Crippen LogP contribution in [-0.2, 0) is 24.3 Å². The molecule has 1 aromatic heterocycles. The number of nitrogens with two attached hydrogens (primary N) is 1. The Morgan fingerprint density at radius 1 is 1.21 bits per heavy atom. The summed E-state index contributed by atoms with van der Waals surface area (Å²) in [5, 5.41) is 7.14. The SMILES string of the molecule is CN(CC(=O)Nc1ccccc1Cl)C(=O)COC(=O)c1ccc(S(N)(=O)=O)o1. The molecule has 2 rings (SSSR count). The molecule has 0 radical (unpaired) electrons. The lowest BCUT2D eigenvalue weighted by atomic mass is 10.3. The first-order valence-electron chi connectivity index (χ1n) is 7.66. The second kappa shape index (κ2) is 8.87. The Labute approximate surface area is 165 Å². The molecule has 0 aliphatic heterocycles. The molecule has 1 aromatic carbocycles. The number of carbonyl (C=O) groups excluding carboxylic acids is 3. The molecule has 10 nitrogen and oxygen atoms in total. The van der Waals surface area contributed by atoms with Crippen molar-refractivity contribution in [2.75, 3.05) is 25.5 Å². The third-order valence-electron chi connectivity index (χ3n) is 3.34. The quantitative estimate of drug-likeness (QED) is 0.619. The third kappa shape index (κ3) is 5.81. The number of esters is 1. The minimum absolute atomic E-state index is 0.308. The number of likely N-dealkylation sites (N-methyl/N-ethyl adjacent to an activating group) is 1. The summed E-state index contributed by atoms with van der Waals surface area (Å²) < 4.78 is 31.7. The monoisotopic (exact) mass is 429 g/mol. The van der Waals surface area contributed by atoms with Gasteiger partial charge < -0.3 is 19.4 Å². The fraction of sp³-hybridized carbons (Fsp3) is 0.188. The van der Waals surface area contributed by atoms with Gasteiger partial charge in [-0.2, -0.15) is 0 Å². The molecule has 2 aromatic rings. The Balaban J connectivity index is 1.85. The molecule has 0 fully saturated rings. The molecular weight excluding hydrogens is 414 g/mol. The zero-order valence-corrected chi connectivity index (χ0v) is 16.1. The number of sulfonamides is 1. The number of hydrogen-bond donors (Lipinski definition) is 2. The lowest BCUT2D eigenvalue weighted by Gasteiger charge is -2.16. The maximum atomic E-state index is 12.0. The number of hydrogen-bond acceptors (Lipinski definition) is 7. The third-order valence-corrected chi connectivity index (χ3v) is 4.45. The van der Waals surface area contributed by atoms with Crippen LogP contribution in [0.25, 0.3) is 0 Å². The summed E-state index contributed by atoms with van der Waals surface area (Å²) in [6.07, 6.45) is 0. The van der Waals surface area contributed by atoms with Crippen molar-refractivity contribution in [1.82, 2.24) is 4.90 Å². The van der Waals surface area contributed by atoms with Crippen molar-refractivity contribution in [2.45, 2.75) is 5.09 Å². The number of nitrogens with zero attached hydrogens (tertiary/aromatic N) is 1. The van der Waals surface area contributed by atoms with Crippen molar-refractivity contribution in [1.29, 1.82) is 0 Å². The van der Waals surface area contributed by atoms with E-state index >= 15 is 0 Å². The van der Waals surface area contributed by atoms with Crippen LogP contribution < -0.4 is 10.5 Å². The van der Waals surface area contributed by atoms with Gasteiger partial charge in [0.25, 0.3) is 15.9 Å². The van der Waals surface area contributed by atoms with Crippen molar-refractivity contribution in [3.63, 3.8) is 0 Å². The Hall–Kier alpha value is -2.89. The molecule has 0 aliphatic carbocycles. The van der Waals surface area contributed by atoms with E-state index in [1.54, 1.807) is 24.3 Å². The number of para-hydroxylation sites is 1. The largest absolute Gasteiger partial charge is 0.450 e. The topological polar surface area (TPSA) is 149 Å². The number of furan rings is 1. The van der Waals surface area contributed by atoms with Gasteiger partial charge in [0.15, 0.2) is 6.61 Å². The van der Waals surface area contributed by atoms with E-state index < -0.39 is 45.3 Å². The van der Waals surface area contributed by atoms with Gasteiger partial charge in [0.05, 0.1) is 17.3 Å². The van der Waals surface area contributed by atoms with Gasteiger partial charge in [-0.1, -0.05) is 23.7 Å². The van der Waals surface area contributed by atoms with E-state index in [2.05, 4.69) is 5.32 Å². The Kier molecular flexibility index (Phi) is 6.78. The second-order valence-corrected chi connectivity index (χ2v) is 7.42. The average Bonchev–Trinajstić information content (AvgIpc) is 3.12. The summed E-state index contributed by atoms with van der Waals surface area (Å²) >= 11 is 5.93. The molecule has 0 saturated heterocycles. The fourth-order valence-electron chi connectivity index (χ4n) is 1.95. The predicted molar refractivity (Wildman–Crippen MR) is 98.1 cm³/mol. The minimum atomic E-state index is -4.11. The van der Waals surface area contributed by atoms with E-state index in [1.807, 2.05) is 0 Å². The zero-order chi connectivity index (χ0) is 20.9. The van der Waals surface area contributed by atoms with Crippen LogP contribution in [0.15, 0.2) is 45.9 Å². The van der Waals surface area contributed by atoms with Crippen molar-refractivity contribution < 1.29 is 32.0 Å². The molecular formula is C16H16ClN3O7S. The second-order valence-electron chi connectivity index (χ2n) is 5.52. The molecule has 0 bridgehead atoms. The summed E-state index contributed by atoms with van der Waals surface area (Å²) in [5.41, 5.74) is 0.393. The first-order chi connectivity index (χ1) is 13.1. The number of halogens is 1. The summed E-state index contributed by atoms with van der Waals surface area (Å²) in [6.45, 7) is -0.988. The number of amides is 2. The number of rotatable bonds is 7. The van der Waals surface area contributed by atoms with Crippen molar-refractivity contribution >= 4 is 45.1 Å². The van der Waals surface area contributed by atoms with Gasteiger partial charge >= 0.3 is 5.97 Å². The molecule has 1 heterocycles. The molecule has 0 unspecified atom stereocenters. The number of nitrogens with one attached hydrogen (secondary N) is 1. The number of benzene rings is 1. The summed E-state index contributed by atoms with van der Waals surface area (Å²) in [7, 11) is -2.76. The maximum Gasteiger partial charge on any atom is 0.374 e. The van der Waals surface area contributed by atoms with Crippen molar-refractivity contribution in [2.24, 2.45) is 5.14 Å². The first-order valence-corrected chi connectivity index (χ1v) is 9.58. The van der Waals surface area contributed by atoms with Gasteiger partial charge in [-0.15, -0.1) is 0 Å². The lowest BCUT2D eigenvalue weighted by Crippen LogP contribution is -2.37. The van der Waals surface area contributed by atoms with Gasteiger partial charge in [0.2, 0.25) is 16.8 Å². The molecule has 28 heavy (non-hydrogen) atoms. The van der Waals surface area contributed by atoms with Crippen LogP contribution in [0.4, 0.5) is 5.69 Å². The molecule has 2 amide bonds. The van der Waals surface area contributed by atoms with Crippen LogP contribution in [-0.4, -0.2) is 51.3 Å². The molecule has 12 heteroatoms. The van der Waals surface area contributed by atoms with Gasteiger partial charge in [-0.25, -0.2) is 18.4 Å². The van der Waals surface area contributed by atoms with Crippen molar-refractivity contribution in [3.8, 4) is 0 Å². The van der Waals surface area contributed by atoms with Crippen LogP contribution in [0.1, 0.15) is 10.6 Å². The summed E-state index contributed by atoms with van der Waals surface area (Å²) in [6, 6.07) is 8.62. The lowest BCUT2D eigenvalue weighted by molar-refractivity contribution is -0.136. The molecule has 0 aliphatic rings. The molecule has 0 saturated carbocycles. The highest BCUT2D eigenvalue weighted by molar-refractivity contribution is 7.89. The summed E-state index contributed by atoms with van der Waals surface area (Å²) in [5.74, 6) is -2.66. The van der Waals surface area contributed by atoms with Gasteiger partial charge in [-0.3, -0.25) is 9.59 Å². The Bertz CT molecular complexity index is 1000. The van der Waals surface area contributed by atoms with Crippen molar-refractivity contribution in [3.05, 3.63) is 47.2 Å². The van der Waals surface area contributed by atoms with Crippen LogP contribution in [0.5, 0.6) is 0 Å². The number of anilines is 1. The molecule has 0 spiro atoms. The maximum absolute atomic E-state index is 12.0. The van der Waals surface area contributed by atoms with Gasteiger partial charge in [0, 0.05) is 7.05 Å². The minimum Gasteiger partial charge on any atom is -0.450 e. The fourth-order valence-corrected chi connectivity index (χ4v) is 2.59. The zero-order valence-electron chi connectivity index (χ0n) is 14.5. The van der Waals surface area contributed by atoms with E-state index in [1.165, 1.54) is 7.05 Å². The van der Waals surface area contributed by atoms with Crippen LogP contribution in [0, 0.1) is 0 Å². The highest BCUT2D eigenvalue weighted by Gasteiger charge is 2.21.